The van der Waals surface area contributed by atoms with Gasteiger partial charge < -0.3 is 25.0 Å². The molecule has 45 heavy (non-hydrogen) atoms. The highest BCUT2D eigenvalue weighted by Crippen LogP contribution is 2.28. The van der Waals surface area contributed by atoms with Crippen LogP contribution in [-0.2, 0) is 11.3 Å². The molecule has 0 radical (unpaired) electrons. The molecule has 6 rings (SSSR count). The van der Waals surface area contributed by atoms with Crippen LogP contribution in [0.2, 0.25) is 0 Å². The zero-order chi connectivity index (χ0) is 31.3. The third-order valence-electron chi connectivity index (χ3n) is 7.33. The summed E-state index contributed by atoms with van der Waals surface area (Å²) in [5.74, 6) is 0.645. The minimum Gasteiger partial charge on any atom is -0.493 e. The van der Waals surface area contributed by atoms with Gasteiger partial charge in [0.15, 0.2) is 23.0 Å². The predicted octanol–water partition coefficient (Wildman–Crippen LogP) is 2.14. The van der Waals surface area contributed by atoms with E-state index in [0.717, 1.165) is 5.56 Å². The average Bonchev–Trinajstić information content (AvgIpc) is 3.71. The van der Waals surface area contributed by atoms with E-state index in [4.69, 9.17) is 19.6 Å². The van der Waals surface area contributed by atoms with Gasteiger partial charge in [0.2, 0.25) is 5.91 Å². The van der Waals surface area contributed by atoms with Gasteiger partial charge in [-0.15, -0.1) is 10.2 Å². The number of ether oxygens (including phenoxy) is 2. The van der Waals surface area contributed by atoms with Gasteiger partial charge in [0.1, 0.15) is 18.8 Å². The van der Waals surface area contributed by atoms with E-state index in [-0.39, 0.29) is 37.7 Å². The second-order valence-corrected chi connectivity index (χ2v) is 10.4. The number of nitrogens with zero attached hydrogens (tertiary/aromatic N) is 7. The van der Waals surface area contributed by atoms with Crippen molar-refractivity contribution in [2.45, 2.75) is 19.5 Å². The molecule has 2 N–H and O–H groups in total. The number of benzene rings is 2. The molecule has 0 unspecified atom stereocenters. The molecule has 1 aliphatic rings. The standard InChI is InChI=1S/C31H31N9O5/c1-20-28-35-27(21-7-4-3-5-8-21)37-40(28)15-16-45-25-17-22(10-11-24(25)44-2)30(42)32-12-14-38(18-26(41)34-20)31(43)23-9-6-13-39-19-33-36-29(23)39/h3-11,13,17,19-20H,12,14-16,18H2,1-2H3,(H,32,42)(H,34,41)/t20-/m1/s1. The van der Waals surface area contributed by atoms with Crippen molar-refractivity contribution >= 4 is 23.4 Å². The molecule has 14 heteroatoms. The lowest BCUT2D eigenvalue weighted by molar-refractivity contribution is -0.122. The first-order valence-electron chi connectivity index (χ1n) is 14.4. The van der Waals surface area contributed by atoms with Crippen LogP contribution in [0, 0.1) is 0 Å². The van der Waals surface area contributed by atoms with Crippen molar-refractivity contribution in [1.29, 1.82) is 0 Å². The maximum atomic E-state index is 13.8. The fourth-order valence-electron chi connectivity index (χ4n) is 5.09. The lowest BCUT2D eigenvalue weighted by Crippen LogP contribution is -2.45. The lowest BCUT2D eigenvalue weighted by atomic mass is 10.2. The first-order chi connectivity index (χ1) is 21.9. The van der Waals surface area contributed by atoms with Gasteiger partial charge in [0, 0.05) is 30.4 Å². The Balaban J connectivity index is 1.34. The SMILES string of the molecule is COc1ccc2cc1OCCn1nc(-c3ccccc3)nc1[C@@H](C)NC(=O)CN(C(=O)c1cccn3cnnc13)CCNC2=O. The number of carbonyl (C=O) groups excluding carboxylic acids is 3. The highest BCUT2D eigenvalue weighted by atomic mass is 16.5. The summed E-state index contributed by atoms with van der Waals surface area (Å²) >= 11 is 0. The largest absolute Gasteiger partial charge is 0.493 e. The van der Waals surface area contributed by atoms with E-state index in [0.29, 0.717) is 40.9 Å². The van der Waals surface area contributed by atoms with Crippen LogP contribution in [0.3, 0.4) is 0 Å². The monoisotopic (exact) mass is 609 g/mol. The lowest BCUT2D eigenvalue weighted by Gasteiger charge is -2.24. The van der Waals surface area contributed by atoms with Crippen LogP contribution in [0.5, 0.6) is 11.5 Å². The number of hydrogen-bond donors (Lipinski definition) is 2. The van der Waals surface area contributed by atoms with Gasteiger partial charge in [-0.05, 0) is 37.3 Å². The minimum absolute atomic E-state index is 0.0510. The second-order valence-electron chi connectivity index (χ2n) is 10.4. The molecular weight excluding hydrogens is 578 g/mol. The molecule has 2 aromatic carbocycles. The Labute approximate surface area is 258 Å². The molecule has 0 saturated carbocycles. The third-order valence-corrected chi connectivity index (χ3v) is 7.33. The van der Waals surface area contributed by atoms with Crippen LogP contribution < -0.4 is 20.1 Å². The minimum atomic E-state index is -0.562. The molecule has 0 saturated heterocycles. The fourth-order valence-corrected chi connectivity index (χ4v) is 5.09. The molecule has 230 valence electrons. The molecule has 1 aliphatic heterocycles. The highest BCUT2D eigenvalue weighted by molar-refractivity contribution is 6.01. The second kappa shape index (κ2) is 12.8. The van der Waals surface area contributed by atoms with E-state index < -0.39 is 17.9 Å². The normalized spacial score (nSPS) is 16.2. The molecule has 0 aliphatic carbocycles. The van der Waals surface area contributed by atoms with Crippen molar-refractivity contribution in [2.75, 3.05) is 33.4 Å². The van der Waals surface area contributed by atoms with Crippen molar-refractivity contribution in [2.24, 2.45) is 0 Å². The van der Waals surface area contributed by atoms with Crippen LogP contribution in [0.1, 0.15) is 39.5 Å². The third kappa shape index (κ3) is 6.30. The van der Waals surface area contributed by atoms with E-state index in [1.807, 2.05) is 30.3 Å². The number of amides is 3. The van der Waals surface area contributed by atoms with Crippen molar-refractivity contribution in [3.63, 3.8) is 0 Å². The van der Waals surface area contributed by atoms with Gasteiger partial charge in [-0.1, -0.05) is 30.3 Å². The topological polar surface area (TPSA) is 158 Å². The van der Waals surface area contributed by atoms with E-state index >= 15 is 0 Å². The molecule has 3 aromatic heterocycles. The Morgan fingerprint density at radius 2 is 1.89 bits per heavy atom. The predicted molar refractivity (Wildman–Crippen MR) is 162 cm³/mol. The molecule has 2 bridgehead atoms. The summed E-state index contributed by atoms with van der Waals surface area (Å²) in [5.41, 5.74) is 1.80. The van der Waals surface area contributed by atoms with E-state index in [9.17, 15) is 14.4 Å². The maximum absolute atomic E-state index is 13.8. The van der Waals surface area contributed by atoms with Crippen LogP contribution in [0.15, 0.2) is 73.2 Å². The van der Waals surface area contributed by atoms with Crippen LogP contribution in [0.25, 0.3) is 17.0 Å². The maximum Gasteiger partial charge on any atom is 0.258 e. The van der Waals surface area contributed by atoms with Crippen molar-refractivity contribution in [3.8, 4) is 22.9 Å². The number of pyridine rings is 1. The van der Waals surface area contributed by atoms with Gasteiger partial charge in [-0.3, -0.25) is 18.8 Å². The molecule has 14 nitrogen and oxygen atoms in total. The summed E-state index contributed by atoms with van der Waals surface area (Å²) in [6, 6.07) is 17.2. The summed E-state index contributed by atoms with van der Waals surface area (Å²) in [6.45, 7) is 2.14. The first kappa shape index (κ1) is 29.3. The van der Waals surface area contributed by atoms with Crippen LogP contribution in [0.4, 0.5) is 0 Å². The Bertz CT molecular complexity index is 1850. The number of fused-ring (bicyclic) bond motifs is 4. The average molecular weight is 610 g/mol. The van der Waals surface area contributed by atoms with E-state index in [1.54, 1.807) is 52.5 Å². The smallest absolute Gasteiger partial charge is 0.258 e. The molecule has 0 spiro atoms. The Morgan fingerprint density at radius 1 is 1.04 bits per heavy atom. The summed E-state index contributed by atoms with van der Waals surface area (Å²) in [6.07, 6.45) is 3.22. The van der Waals surface area contributed by atoms with E-state index in [1.165, 1.54) is 18.3 Å². The van der Waals surface area contributed by atoms with Gasteiger partial charge in [-0.2, -0.15) is 5.10 Å². The first-order valence-corrected chi connectivity index (χ1v) is 14.4. The van der Waals surface area contributed by atoms with E-state index in [2.05, 4.69) is 20.8 Å². The number of rotatable bonds is 3. The number of carbonyl (C=O) groups is 3. The number of methoxy groups -OCH3 is 1. The van der Waals surface area contributed by atoms with Crippen molar-refractivity contribution < 1.29 is 23.9 Å². The molecule has 3 amide bonds. The van der Waals surface area contributed by atoms with Crippen molar-refractivity contribution in [1.82, 2.24) is 44.9 Å². The van der Waals surface area contributed by atoms with Crippen LogP contribution >= 0.6 is 0 Å². The quantitative estimate of drug-likeness (QED) is 0.313. The molecule has 4 heterocycles. The fraction of sp³-hybridized carbons (Fsp3) is 0.258. The zero-order valence-corrected chi connectivity index (χ0v) is 24.7. The molecule has 5 aromatic rings. The summed E-state index contributed by atoms with van der Waals surface area (Å²) in [4.78, 5) is 46.4. The Kier molecular flexibility index (Phi) is 8.35. The molecule has 1 atom stereocenters. The van der Waals surface area contributed by atoms with Crippen molar-refractivity contribution in [3.05, 3.63) is 90.1 Å². The van der Waals surface area contributed by atoms with Gasteiger partial charge in [0.05, 0.1) is 31.8 Å². The Morgan fingerprint density at radius 3 is 2.71 bits per heavy atom. The molecular formula is C31H31N9O5. The van der Waals surface area contributed by atoms with Gasteiger partial charge in [-0.25, -0.2) is 9.67 Å². The number of nitrogens with one attached hydrogen (secondary N) is 2. The summed E-state index contributed by atoms with van der Waals surface area (Å²) < 4.78 is 14.8. The summed E-state index contributed by atoms with van der Waals surface area (Å²) in [5, 5.41) is 18.5. The number of hydrogen-bond acceptors (Lipinski definition) is 9. The summed E-state index contributed by atoms with van der Waals surface area (Å²) in [7, 11) is 1.52. The zero-order valence-electron chi connectivity index (χ0n) is 24.7. The van der Waals surface area contributed by atoms with Gasteiger partial charge in [0.25, 0.3) is 11.8 Å². The molecule has 0 fully saturated rings. The Hall–Kier alpha value is -5.79. The highest BCUT2D eigenvalue weighted by Gasteiger charge is 2.25. The number of aromatic nitrogens is 6. The van der Waals surface area contributed by atoms with Crippen LogP contribution in [-0.4, -0.2) is 85.3 Å². The van der Waals surface area contributed by atoms with Gasteiger partial charge >= 0.3 is 0 Å².